The second-order valence-corrected chi connectivity index (χ2v) is 5.46. The quantitative estimate of drug-likeness (QED) is 0.306. The Balaban J connectivity index is 3.13. The van der Waals surface area contributed by atoms with Crippen molar-refractivity contribution >= 4 is 11.9 Å². The van der Waals surface area contributed by atoms with Gasteiger partial charge in [0, 0.05) is 6.92 Å². The van der Waals surface area contributed by atoms with Crippen LogP contribution in [-0.4, -0.2) is 61.2 Å². The van der Waals surface area contributed by atoms with Crippen LogP contribution in [0.15, 0.2) is 42.2 Å². The molecule has 26 heavy (non-hydrogen) atoms. The van der Waals surface area contributed by atoms with Crippen molar-refractivity contribution in [3.8, 4) is 0 Å². The van der Waals surface area contributed by atoms with Gasteiger partial charge in [-0.25, -0.2) is 4.79 Å². The van der Waals surface area contributed by atoms with Crippen LogP contribution in [0.4, 0.5) is 0 Å². The zero-order valence-electron chi connectivity index (χ0n) is 15.0. The molecule has 3 atom stereocenters. The van der Waals surface area contributed by atoms with Gasteiger partial charge in [0.25, 0.3) is 0 Å². The maximum atomic E-state index is 11.8. The zero-order valence-corrected chi connectivity index (χ0v) is 15.0. The molecule has 8 heteroatoms. The molecule has 0 heterocycles. The lowest BCUT2D eigenvalue weighted by atomic mass is 10.0. The van der Waals surface area contributed by atoms with Gasteiger partial charge in [0.15, 0.2) is 0 Å². The predicted octanol–water partition coefficient (Wildman–Crippen LogP) is 0.133. The Morgan fingerprint density at radius 2 is 1.85 bits per heavy atom. The molecule has 0 spiro atoms. The summed E-state index contributed by atoms with van der Waals surface area (Å²) in [5.41, 5.74) is 0.850. The molecule has 0 aliphatic carbocycles. The third kappa shape index (κ3) is 6.83. The van der Waals surface area contributed by atoms with Crippen LogP contribution in [0.5, 0.6) is 0 Å². The van der Waals surface area contributed by atoms with Gasteiger partial charge in [0.05, 0.1) is 33.5 Å². The number of ether oxygens (including phenoxy) is 3. The Morgan fingerprint density at radius 1 is 1.19 bits per heavy atom. The van der Waals surface area contributed by atoms with Gasteiger partial charge in [-0.15, -0.1) is 0 Å². The molecule has 8 nitrogen and oxygen atoms in total. The number of carbonyl (C=O) groups is 2. The van der Waals surface area contributed by atoms with Crippen LogP contribution in [-0.2, 0) is 30.4 Å². The monoisotopic (exact) mass is 367 g/mol. The third-order valence-corrected chi connectivity index (χ3v) is 3.53. The molecule has 0 saturated heterocycles. The van der Waals surface area contributed by atoms with E-state index in [1.54, 1.807) is 0 Å². The highest BCUT2D eigenvalue weighted by atomic mass is 16.6. The summed E-state index contributed by atoms with van der Waals surface area (Å²) < 4.78 is 15.4. The zero-order chi connectivity index (χ0) is 19.5. The smallest absolute Gasteiger partial charge is 0.373 e. The van der Waals surface area contributed by atoms with E-state index >= 15 is 0 Å². The molecule has 0 unspecified atom stereocenters. The standard InChI is InChI=1S/C18H25NO7/c1-12(21)19-17(14(22)10-20)15(9-16(24-2)18(23)25-3)26-11-13-7-5-4-6-8-13/h4-9,14-15,17,20,22H,10-11H2,1-3H3,(H,19,21)/b16-9+/t14-,15-,17-/m0/s1. The third-order valence-electron chi connectivity index (χ3n) is 3.53. The van der Waals surface area contributed by atoms with Crippen molar-refractivity contribution in [2.24, 2.45) is 0 Å². The first kappa shape index (κ1) is 21.6. The highest BCUT2D eigenvalue weighted by Crippen LogP contribution is 2.14. The molecule has 144 valence electrons. The average Bonchev–Trinajstić information content (AvgIpc) is 2.66. The summed E-state index contributed by atoms with van der Waals surface area (Å²) in [6.07, 6.45) is -0.976. The van der Waals surface area contributed by atoms with Crippen molar-refractivity contribution in [2.75, 3.05) is 20.8 Å². The van der Waals surface area contributed by atoms with Crippen molar-refractivity contribution < 1.29 is 34.0 Å². The van der Waals surface area contributed by atoms with Crippen LogP contribution >= 0.6 is 0 Å². The lowest BCUT2D eigenvalue weighted by Gasteiger charge is -2.29. The first-order valence-corrected chi connectivity index (χ1v) is 7.98. The fraction of sp³-hybridized carbons (Fsp3) is 0.444. The van der Waals surface area contributed by atoms with Crippen LogP contribution in [0.2, 0.25) is 0 Å². The summed E-state index contributed by atoms with van der Waals surface area (Å²) in [7, 11) is 2.48. The predicted molar refractivity (Wildman–Crippen MR) is 92.8 cm³/mol. The maximum Gasteiger partial charge on any atom is 0.373 e. The number of rotatable bonds is 10. The van der Waals surface area contributed by atoms with Crippen molar-refractivity contribution in [3.05, 3.63) is 47.7 Å². The Bertz CT molecular complexity index is 603. The number of hydrogen-bond acceptors (Lipinski definition) is 7. The normalized spacial score (nSPS) is 14.9. The van der Waals surface area contributed by atoms with E-state index in [1.807, 2.05) is 30.3 Å². The Labute approximate surface area is 152 Å². The molecule has 0 aliphatic heterocycles. The van der Waals surface area contributed by atoms with Crippen LogP contribution in [0.3, 0.4) is 0 Å². The van der Waals surface area contributed by atoms with E-state index < -0.39 is 36.7 Å². The van der Waals surface area contributed by atoms with Crippen molar-refractivity contribution in [1.82, 2.24) is 5.32 Å². The molecule has 1 aromatic rings. The number of amides is 1. The first-order valence-electron chi connectivity index (χ1n) is 7.98. The molecule has 0 aliphatic rings. The molecule has 1 amide bonds. The number of aliphatic hydroxyl groups excluding tert-OH is 2. The van der Waals surface area contributed by atoms with Crippen molar-refractivity contribution in [1.29, 1.82) is 0 Å². The minimum Gasteiger partial charge on any atom is -0.490 e. The number of nitrogens with one attached hydrogen (secondary N) is 1. The van der Waals surface area contributed by atoms with E-state index in [2.05, 4.69) is 10.1 Å². The maximum absolute atomic E-state index is 11.8. The fourth-order valence-corrected chi connectivity index (χ4v) is 2.24. The van der Waals surface area contributed by atoms with Crippen LogP contribution in [0, 0.1) is 0 Å². The van der Waals surface area contributed by atoms with Gasteiger partial charge in [-0.1, -0.05) is 30.3 Å². The lowest BCUT2D eigenvalue weighted by molar-refractivity contribution is -0.139. The minimum atomic E-state index is -1.31. The number of hydrogen-bond donors (Lipinski definition) is 3. The summed E-state index contributed by atoms with van der Waals surface area (Å²) >= 11 is 0. The molecule has 0 bridgehead atoms. The summed E-state index contributed by atoms with van der Waals surface area (Å²) in [4.78, 5) is 23.3. The number of aliphatic hydroxyl groups is 2. The van der Waals surface area contributed by atoms with E-state index in [0.29, 0.717) is 0 Å². The van der Waals surface area contributed by atoms with Crippen LogP contribution < -0.4 is 5.32 Å². The number of methoxy groups -OCH3 is 2. The van der Waals surface area contributed by atoms with Crippen molar-refractivity contribution in [3.63, 3.8) is 0 Å². The average molecular weight is 367 g/mol. The number of esters is 1. The van der Waals surface area contributed by atoms with Gasteiger partial charge in [-0.05, 0) is 11.6 Å². The number of benzene rings is 1. The minimum absolute atomic E-state index is 0.147. The summed E-state index contributed by atoms with van der Waals surface area (Å²) in [5, 5.41) is 21.9. The highest BCUT2D eigenvalue weighted by Gasteiger charge is 2.30. The topological polar surface area (TPSA) is 114 Å². The molecule has 0 aromatic heterocycles. The molecule has 1 rings (SSSR count). The Kier molecular flexibility index (Phi) is 9.35. The van der Waals surface area contributed by atoms with E-state index in [0.717, 1.165) is 5.56 Å². The fourth-order valence-electron chi connectivity index (χ4n) is 2.24. The number of carbonyl (C=O) groups excluding carboxylic acids is 2. The SMILES string of the molecule is COC(=O)/C(=C\[C@H](OCc1ccccc1)[C@@H](NC(C)=O)[C@@H](O)CO)OC. The second-order valence-electron chi connectivity index (χ2n) is 5.46. The largest absolute Gasteiger partial charge is 0.490 e. The van der Waals surface area contributed by atoms with Gasteiger partial charge < -0.3 is 29.7 Å². The first-order chi connectivity index (χ1) is 12.4. The highest BCUT2D eigenvalue weighted by molar-refractivity contribution is 5.86. The molecular weight excluding hydrogens is 342 g/mol. The molecule has 0 fully saturated rings. The van der Waals surface area contributed by atoms with E-state index in [1.165, 1.54) is 27.2 Å². The lowest BCUT2D eigenvalue weighted by Crippen LogP contribution is -2.52. The molecule has 0 radical (unpaired) electrons. The van der Waals surface area contributed by atoms with E-state index in [9.17, 15) is 19.8 Å². The molecule has 3 N–H and O–H groups in total. The van der Waals surface area contributed by atoms with E-state index in [4.69, 9.17) is 9.47 Å². The summed E-state index contributed by atoms with van der Waals surface area (Å²) in [5.74, 6) is -1.31. The van der Waals surface area contributed by atoms with E-state index in [-0.39, 0.29) is 12.4 Å². The Hall–Kier alpha value is -2.42. The van der Waals surface area contributed by atoms with Crippen molar-refractivity contribution in [2.45, 2.75) is 31.8 Å². The van der Waals surface area contributed by atoms with Crippen LogP contribution in [0.25, 0.3) is 0 Å². The second kappa shape index (κ2) is 11.2. The molecular formula is C18H25NO7. The Morgan fingerprint density at radius 3 is 2.35 bits per heavy atom. The summed E-state index contributed by atoms with van der Waals surface area (Å²) in [6.45, 7) is 0.811. The van der Waals surface area contributed by atoms with Crippen LogP contribution in [0.1, 0.15) is 12.5 Å². The van der Waals surface area contributed by atoms with Gasteiger partial charge in [0.2, 0.25) is 11.7 Å². The van der Waals surface area contributed by atoms with Gasteiger partial charge in [0.1, 0.15) is 12.2 Å². The van der Waals surface area contributed by atoms with Gasteiger partial charge >= 0.3 is 5.97 Å². The molecule has 1 aromatic carbocycles. The van der Waals surface area contributed by atoms with Gasteiger partial charge in [-0.3, -0.25) is 4.79 Å². The summed E-state index contributed by atoms with van der Waals surface area (Å²) in [6, 6.07) is 8.22. The van der Waals surface area contributed by atoms with Gasteiger partial charge in [-0.2, -0.15) is 0 Å². The molecule has 0 saturated carbocycles.